The summed E-state index contributed by atoms with van der Waals surface area (Å²) in [5.74, 6) is -0.651. The first-order valence-electron chi connectivity index (χ1n) is 7.78. The summed E-state index contributed by atoms with van der Waals surface area (Å²) < 4.78 is 1.09. The quantitative estimate of drug-likeness (QED) is 0.763. The molecular weight excluding hydrogens is 358 g/mol. The Labute approximate surface area is 151 Å². The van der Waals surface area contributed by atoms with Gasteiger partial charge in [-0.15, -0.1) is 21.5 Å². The number of carbonyl (C=O) groups is 2. The topological polar surface area (TPSA) is 88.1 Å². The van der Waals surface area contributed by atoms with Crippen molar-refractivity contribution in [2.75, 3.05) is 16.8 Å². The molecule has 2 amide bonds. The van der Waals surface area contributed by atoms with E-state index in [0.717, 1.165) is 25.9 Å². The molecule has 0 saturated carbocycles. The molecule has 1 unspecified atom stereocenters. The largest absolute Gasteiger partial charge is 0.312 e. The zero-order valence-electron chi connectivity index (χ0n) is 13.6. The second-order valence-electron chi connectivity index (χ2n) is 5.91. The number of aryl methyl sites for hydroxylation is 2. The van der Waals surface area contributed by atoms with E-state index in [-0.39, 0.29) is 18.2 Å². The Kier molecular flexibility index (Phi) is 3.97. The third-order valence-electron chi connectivity index (χ3n) is 4.04. The number of benzene rings is 1. The van der Waals surface area contributed by atoms with Crippen LogP contribution in [0.25, 0.3) is 10.2 Å². The lowest BCUT2D eigenvalue weighted by atomic mass is 10.1. The first-order valence-corrected chi connectivity index (χ1v) is 9.41. The smallest absolute Gasteiger partial charge is 0.231 e. The van der Waals surface area contributed by atoms with E-state index < -0.39 is 5.92 Å². The van der Waals surface area contributed by atoms with Crippen molar-refractivity contribution in [1.29, 1.82) is 0 Å². The average molecular weight is 373 g/mol. The number of carbonyl (C=O) groups excluding carboxylic acids is 2. The van der Waals surface area contributed by atoms with Gasteiger partial charge in [-0.1, -0.05) is 11.3 Å². The van der Waals surface area contributed by atoms with Crippen LogP contribution in [0.2, 0.25) is 0 Å². The molecular formula is C16H15N5O2S2. The summed E-state index contributed by atoms with van der Waals surface area (Å²) in [6.07, 6.45) is 0.192. The fourth-order valence-corrected chi connectivity index (χ4v) is 4.29. The lowest BCUT2D eigenvalue weighted by Crippen LogP contribution is -2.28. The molecule has 0 spiro atoms. The van der Waals surface area contributed by atoms with Gasteiger partial charge in [0.15, 0.2) is 0 Å². The second kappa shape index (κ2) is 6.16. The van der Waals surface area contributed by atoms with E-state index in [1.807, 2.05) is 32.0 Å². The fourth-order valence-electron chi connectivity index (χ4n) is 2.89. The fraction of sp³-hybridized carbons (Fsp3) is 0.312. The number of hydrogen-bond donors (Lipinski definition) is 1. The maximum Gasteiger partial charge on any atom is 0.231 e. The van der Waals surface area contributed by atoms with Crippen molar-refractivity contribution < 1.29 is 9.59 Å². The monoisotopic (exact) mass is 373 g/mol. The Hall–Kier alpha value is -2.39. The summed E-state index contributed by atoms with van der Waals surface area (Å²) in [4.78, 5) is 30.9. The predicted molar refractivity (Wildman–Crippen MR) is 98.1 cm³/mol. The van der Waals surface area contributed by atoms with E-state index in [0.29, 0.717) is 11.7 Å². The van der Waals surface area contributed by atoms with Gasteiger partial charge in [-0.3, -0.25) is 9.59 Å². The molecule has 2 aromatic heterocycles. The molecule has 0 bridgehead atoms. The zero-order valence-corrected chi connectivity index (χ0v) is 15.3. The Bertz CT molecular complexity index is 980. The van der Waals surface area contributed by atoms with Gasteiger partial charge in [0.25, 0.3) is 0 Å². The van der Waals surface area contributed by atoms with Crippen molar-refractivity contribution in [1.82, 2.24) is 15.2 Å². The normalized spacial score (nSPS) is 17.4. The summed E-state index contributed by atoms with van der Waals surface area (Å²) in [6, 6.07) is 5.79. The van der Waals surface area contributed by atoms with E-state index in [1.54, 1.807) is 16.2 Å². The molecule has 1 aromatic carbocycles. The van der Waals surface area contributed by atoms with Crippen LogP contribution in [0.4, 0.5) is 10.8 Å². The van der Waals surface area contributed by atoms with Crippen molar-refractivity contribution >= 4 is 55.5 Å². The third-order valence-corrected chi connectivity index (χ3v) is 5.75. The molecule has 1 aliphatic rings. The maximum atomic E-state index is 12.4. The molecule has 25 heavy (non-hydrogen) atoms. The van der Waals surface area contributed by atoms with Crippen LogP contribution >= 0.6 is 22.7 Å². The van der Waals surface area contributed by atoms with Crippen molar-refractivity contribution in [3.05, 3.63) is 28.2 Å². The minimum Gasteiger partial charge on any atom is -0.312 e. The van der Waals surface area contributed by atoms with Gasteiger partial charge >= 0.3 is 0 Å². The number of rotatable bonds is 3. The van der Waals surface area contributed by atoms with E-state index >= 15 is 0 Å². The lowest BCUT2D eigenvalue weighted by molar-refractivity contribution is -0.122. The molecule has 7 nitrogen and oxygen atoms in total. The molecule has 1 N–H and O–H groups in total. The van der Waals surface area contributed by atoms with Gasteiger partial charge in [0.05, 0.1) is 21.1 Å². The van der Waals surface area contributed by atoms with Crippen molar-refractivity contribution in [3.8, 4) is 0 Å². The summed E-state index contributed by atoms with van der Waals surface area (Å²) in [7, 11) is 0. The average Bonchev–Trinajstić information content (AvgIpc) is 3.24. The van der Waals surface area contributed by atoms with Gasteiger partial charge < -0.3 is 10.2 Å². The minimum absolute atomic E-state index is 0.0557. The SMILES string of the molecule is Cc1nnc(NC(=O)C2CC(=O)N(c3ccc4sc(C)nc4c3)C2)s1. The van der Waals surface area contributed by atoms with E-state index in [9.17, 15) is 9.59 Å². The highest BCUT2D eigenvalue weighted by Gasteiger charge is 2.35. The molecule has 0 aliphatic carbocycles. The first-order chi connectivity index (χ1) is 12.0. The van der Waals surface area contributed by atoms with Gasteiger partial charge in [0.1, 0.15) is 5.01 Å². The second-order valence-corrected chi connectivity index (χ2v) is 8.32. The summed E-state index contributed by atoms with van der Waals surface area (Å²) >= 11 is 2.94. The van der Waals surface area contributed by atoms with Crippen LogP contribution in [0.15, 0.2) is 18.2 Å². The van der Waals surface area contributed by atoms with Gasteiger partial charge in [-0.2, -0.15) is 0 Å². The molecule has 1 fully saturated rings. The van der Waals surface area contributed by atoms with Crippen LogP contribution < -0.4 is 10.2 Å². The predicted octanol–water partition coefficient (Wildman–Crippen LogP) is 2.76. The molecule has 3 heterocycles. The van der Waals surface area contributed by atoms with Crippen molar-refractivity contribution in [2.45, 2.75) is 20.3 Å². The van der Waals surface area contributed by atoms with Crippen LogP contribution in [-0.4, -0.2) is 33.5 Å². The number of hydrogen-bond acceptors (Lipinski definition) is 7. The Morgan fingerprint density at radius 3 is 2.84 bits per heavy atom. The van der Waals surface area contributed by atoms with Crippen LogP contribution in [0, 0.1) is 19.8 Å². The Balaban J connectivity index is 1.51. The highest BCUT2D eigenvalue weighted by atomic mass is 32.1. The van der Waals surface area contributed by atoms with Crippen LogP contribution in [0.3, 0.4) is 0 Å². The molecule has 128 valence electrons. The number of thiazole rings is 1. The maximum absolute atomic E-state index is 12.4. The van der Waals surface area contributed by atoms with E-state index in [1.165, 1.54) is 11.3 Å². The summed E-state index contributed by atoms with van der Waals surface area (Å²) in [6.45, 7) is 4.14. The van der Waals surface area contributed by atoms with Gasteiger partial charge in [0.2, 0.25) is 16.9 Å². The molecule has 1 saturated heterocycles. The summed E-state index contributed by atoms with van der Waals surface area (Å²) in [5.41, 5.74) is 1.66. The number of nitrogens with one attached hydrogen (secondary N) is 1. The molecule has 1 atom stereocenters. The van der Waals surface area contributed by atoms with Crippen LogP contribution in [0.1, 0.15) is 16.4 Å². The first kappa shape index (κ1) is 16.1. The number of fused-ring (bicyclic) bond motifs is 1. The van der Waals surface area contributed by atoms with Gasteiger partial charge in [-0.25, -0.2) is 4.98 Å². The highest BCUT2D eigenvalue weighted by molar-refractivity contribution is 7.18. The van der Waals surface area contributed by atoms with E-state index in [4.69, 9.17) is 0 Å². The number of amides is 2. The Morgan fingerprint density at radius 1 is 1.24 bits per heavy atom. The summed E-state index contributed by atoms with van der Waals surface area (Å²) in [5, 5.41) is 12.8. The Morgan fingerprint density at radius 2 is 2.08 bits per heavy atom. The molecule has 3 aromatic rings. The molecule has 4 rings (SSSR count). The highest BCUT2D eigenvalue weighted by Crippen LogP contribution is 2.30. The van der Waals surface area contributed by atoms with Crippen LogP contribution in [-0.2, 0) is 9.59 Å². The van der Waals surface area contributed by atoms with Crippen LogP contribution in [0.5, 0.6) is 0 Å². The zero-order chi connectivity index (χ0) is 17.6. The molecule has 9 heteroatoms. The lowest BCUT2D eigenvalue weighted by Gasteiger charge is -2.16. The third kappa shape index (κ3) is 3.12. The standard InChI is InChI=1S/C16H15N5O2S2/c1-8-17-12-6-11(3-4-13(12)24-8)21-7-10(5-14(21)22)15(23)18-16-20-19-9(2)25-16/h3-4,6,10H,5,7H2,1-2H3,(H,18,20,23). The van der Waals surface area contributed by atoms with E-state index in [2.05, 4.69) is 20.5 Å². The number of anilines is 2. The minimum atomic E-state index is -0.399. The van der Waals surface area contributed by atoms with Gasteiger partial charge in [-0.05, 0) is 32.0 Å². The van der Waals surface area contributed by atoms with Crippen molar-refractivity contribution in [2.24, 2.45) is 5.92 Å². The van der Waals surface area contributed by atoms with Gasteiger partial charge in [0, 0.05) is 18.7 Å². The van der Waals surface area contributed by atoms with Crippen molar-refractivity contribution in [3.63, 3.8) is 0 Å². The number of aromatic nitrogens is 3. The molecule has 1 aliphatic heterocycles. The molecule has 0 radical (unpaired) electrons. The number of nitrogens with zero attached hydrogens (tertiary/aromatic N) is 4.